The fourth-order valence-electron chi connectivity index (χ4n) is 3.69. The highest BCUT2D eigenvalue weighted by molar-refractivity contribution is 6.03. The van der Waals surface area contributed by atoms with Gasteiger partial charge in [-0.15, -0.1) is 0 Å². The van der Waals surface area contributed by atoms with E-state index in [1.54, 1.807) is 36.0 Å². The van der Waals surface area contributed by atoms with Crippen LogP contribution in [0.4, 0.5) is 5.82 Å². The molecule has 0 aliphatic carbocycles. The number of aromatic nitrogens is 2. The minimum absolute atomic E-state index is 0.247. The summed E-state index contributed by atoms with van der Waals surface area (Å²) in [4.78, 5) is 25.6. The lowest BCUT2D eigenvalue weighted by molar-refractivity contribution is -0.118. The minimum Gasteiger partial charge on any atom is -0.339 e. The molecular formula is C21H20N4O2. The molecule has 0 radical (unpaired) electrons. The van der Waals surface area contributed by atoms with Gasteiger partial charge in [0.05, 0.1) is 5.69 Å². The number of benzene rings is 2. The molecule has 2 atom stereocenters. The van der Waals surface area contributed by atoms with E-state index in [2.05, 4.69) is 15.7 Å². The summed E-state index contributed by atoms with van der Waals surface area (Å²) in [6, 6.07) is 17.9. The third-order valence-corrected chi connectivity index (χ3v) is 4.92. The second-order valence-electron chi connectivity index (χ2n) is 6.67. The summed E-state index contributed by atoms with van der Waals surface area (Å²) in [5, 5.41) is 10.3. The van der Waals surface area contributed by atoms with Gasteiger partial charge in [0.25, 0.3) is 5.91 Å². The Bertz CT molecular complexity index is 996. The molecule has 6 heteroatoms. The molecule has 0 spiro atoms. The molecular weight excluding hydrogens is 340 g/mol. The van der Waals surface area contributed by atoms with Crippen molar-refractivity contribution in [3.63, 3.8) is 0 Å². The lowest BCUT2D eigenvalue weighted by atomic mass is 9.82. The first-order chi connectivity index (χ1) is 13.1. The average molecular weight is 360 g/mol. The summed E-state index contributed by atoms with van der Waals surface area (Å²) in [5.41, 5.74) is 3.25. The van der Waals surface area contributed by atoms with Crippen molar-refractivity contribution in [2.75, 3.05) is 5.32 Å². The maximum Gasteiger partial charge on any atom is 0.251 e. The number of nitrogens with one attached hydrogen (secondary N) is 2. The van der Waals surface area contributed by atoms with Gasteiger partial charge >= 0.3 is 0 Å². The van der Waals surface area contributed by atoms with Crippen LogP contribution in [0.1, 0.15) is 33.1 Å². The number of fused-ring (bicyclic) bond motifs is 1. The van der Waals surface area contributed by atoms with Gasteiger partial charge in [0.1, 0.15) is 11.9 Å². The number of rotatable bonds is 3. The SMILES string of the molecule is Cc1nn(C)c2c1[C@@H](c1ccccc1)[C@@H](NC(=O)c1ccccc1)C(=O)N2. The van der Waals surface area contributed by atoms with E-state index >= 15 is 0 Å². The molecule has 27 heavy (non-hydrogen) atoms. The standard InChI is InChI=1S/C21H20N4O2/c1-13-16-17(14-9-5-3-6-10-14)18(21(27)23-19(16)25(2)24-13)22-20(26)15-11-7-4-8-12-15/h3-12,17-18H,1-2H3,(H,22,26)(H,23,27)/t17-,18-/m1/s1. The number of aryl methyl sites for hydroxylation is 2. The van der Waals surface area contributed by atoms with Crippen LogP contribution < -0.4 is 10.6 Å². The van der Waals surface area contributed by atoms with Gasteiger partial charge in [0.15, 0.2) is 0 Å². The van der Waals surface area contributed by atoms with E-state index in [0.717, 1.165) is 16.8 Å². The van der Waals surface area contributed by atoms with Gasteiger partial charge in [-0.3, -0.25) is 14.3 Å². The van der Waals surface area contributed by atoms with Crippen molar-refractivity contribution in [2.45, 2.75) is 18.9 Å². The zero-order valence-corrected chi connectivity index (χ0v) is 15.1. The molecule has 2 amide bonds. The van der Waals surface area contributed by atoms with E-state index in [1.165, 1.54) is 0 Å². The van der Waals surface area contributed by atoms with Crippen LogP contribution in [0.25, 0.3) is 0 Å². The summed E-state index contributed by atoms with van der Waals surface area (Å²) in [5.74, 6) is -0.154. The first-order valence-electron chi connectivity index (χ1n) is 8.81. The molecule has 0 saturated carbocycles. The molecule has 136 valence electrons. The van der Waals surface area contributed by atoms with E-state index < -0.39 is 6.04 Å². The summed E-state index contributed by atoms with van der Waals surface area (Å²) < 4.78 is 1.67. The van der Waals surface area contributed by atoms with E-state index in [-0.39, 0.29) is 17.7 Å². The highest BCUT2D eigenvalue weighted by atomic mass is 16.2. The van der Waals surface area contributed by atoms with Crippen LogP contribution in [0.5, 0.6) is 0 Å². The van der Waals surface area contributed by atoms with Crippen molar-refractivity contribution in [3.8, 4) is 0 Å². The van der Waals surface area contributed by atoms with Crippen LogP contribution in [0, 0.1) is 6.92 Å². The number of anilines is 1. The number of carbonyl (C=O) groups excluding carboxylic acids is 2. The van der Waals surface area contributed by atoms with Gasteiger partial charge in [-0.1, -0.05) is 48.5 Å². The number of hydrogen-bond acceptors (Lipinski definition) is 3. The number of carbonyl (C=O) groups is 2. The molecule has 0 bridgehead atoms. The van der Waals surface area contributed by atoms with Crippen LogP contribution >= 0.6 is 0 Å². The molecule has 2 heterocycles. The molecule has 0 saturated heterocycles. The second kappa shape index (κ2) is 6.72. The van der Waals surface area contributed by atoms with Gasteiger partial charge < -0.3 is 10.6 Å². The van der Waals surface area contributed by atoms with Crippen molar-refractivity contribution in [3.05, 3.63) is 83.0 Å². The van der Waals surface area contributed by atoms with Crippen molar-refractivity contribution in [1.82, 2.24) is 15.1 Å². The summed E-state index contributed by atoms with van der Waals surface area (Å²) >= 11 is 0. The average Bonchev–Trinajstić information content (AvgIpc) is 2.97. The molecule has 2 aromatic carbocycles. The Balaban J connectivity index is 1.78. The van der Waals surface area contributed by atoms with Gasteiger partial charge in [-0.05, 0) is 24.6 Å². The van der Waals surface area contributed by atoms with Crippen molar-refractivity contribution in [2.24, 2.45) is 7.05 Å². The van der Waals surface area contributed by atoms with E-state index in [1.807, 2.05) is 43.3 Å². The molecule has 1 aliphatic rings. The van der Waals surface area contributed by atoms with Gasteiger partial charge in [-0.25, -0.2) is 0 Å². The summed E-state index contributed by atoms with van der Waals surface area (Å²) in [6.45, 7) is 1.92. The topological polar surface area (TPSA) is 76.0 Å². The zero-order valence-electron chi connectivity index (χ0n) is 15.1. The Morgan fingerprint density at radius 1 is 1.07 bits per heavy atom. The highest BCUT2D eigenvalue weighted by Gasteiger charge is 2.41. The number of nitrogens with zero attached hydrogens (tertiary/aromatic N) is 2. The van der Waals surface area contributed by atoms with Crippen molar-refractivity contribution in [1.29, 1.82) is 0 Å². The van der Waals surface area contributed by atoms with Gasteiger partial charge in [-0.2, -0.15) is 5.10 Å². The van der Waals surface area contributed by atoms with Crippen LogP contribution in [-0.4, -0.2) is 27.6 Å². The van der Waals surface area contributed by atoms with Crippen LogP contribution in [0.2, 0.25) is 0 Å². The predicted octanol–water partition coefficient (Wildman–Crippen LogP) is 2.61. The molecule has 6 nitrogen and oxygen atoms in total. The quantitative estimate of drug-likeness (QED) is 0.754. The van der Waals surface area contributed by atoms with Gasteiger partial charge in [0, 0.05) is 24.1 Å². The Kier molecular flexibility index (Phi) is 4.24. The molecule has 0 unspecified atom stereocenters. The second-order valence-corrected chi connectivity index (χ2v) is 6.67. The van der Waals surface area contributed by atoms with Crippen molar-refractivity contribution < 1.29 is 9.59 Å². The third kappa shape index (κ3) is 2.99. The third-order valence-electron chi connectivity index (χ3n) is 4.92. The van der Waals surface area contributed by atoms with Crippen LogP contribution in [0.3, 0.4) is 0 Å². The molecule has 0 fully saturated rings. The summed E-state index contributed by atoms with van der Waals surface area (Å²) in [7, 11) is 1.80. The normalized spacial score (nSPS) is 18.5. The van der Waals surface area contributed by atoms with Crippen LogP contribution in [-0.2, 0) is 11.8 Å². The molecule has 1 aliphatic heterocycles. The molecule has 4 rings (SSSR count). The monoisotopic (exact) mass is 360 g/mol. The molecule has 1 aromatic heterocycles. The van der Waals surface area contributed by atoms with Gasteiger partial charge in [0.2, 0.25) is 5.91 Å². The first-order valence-corrected chi connectivity index (χ1v) is 8.81. The molecule has 2 N–H and O–H groups in total. The fraction of sp³-hybridized carbons (Fsp3) is 0.190. The summed E-state index contributed by atoms with van der Waals surface area (Å²) in [6.07, 6.45) is 0. The highest BCUT2D eigenvalue weighted by Crippen LogP contribution is 2.39. The first kappa shape index (κ1) is 17.0. The number of hydrogen-bond donors (Lipinski definition) is 2. The predicted molar refractivity (Wildman–Crippen MR) is 103 cm³/mol. The zero-order chi connectivity index (χ0) is 19.0. The lowest BCUT2D eigenvalue weighted by Crippen LogP contribution is -2.50. The fourth-order valence-corrected chi connectivity index (χ4v) is 3.69. The van der Waals surface area contributed by atoms with E-state index in [4.69, 9.17) is 0 Å². The Morgan fingerprint density at radius 3 is 2.37 bits per heavy atom. The Labute approximate surface area is 157 Å². The maximum atomic E-state index is 12.9. The largest absolute Gasteiger partial charge is 0.339 e. The van der Waals surface area contributed by atoms with E-state index in [9.17, 15) is 9.59 Å². The Hall–Kier alpha value is -3.41. The Morgan fingerprint density at radius 2 is 1.70 bits per heavy atom. The van der Waals surface area contributed by atoms with E-state index in [0.29, 0.717) is 11.4 Å². The lowest BCUT2D eigenvalue weighted by Gasteiger charge is -2.32. The number of amides is 2. The maximum absolute atomic E-state index is 12.9. The smallest absolute Gasteiger partial charge is 0.251 e. The van der Waals surface area contributed by atoms with Crippen molar-refractivity contribution >= 4 is 17.6 Å². The van der Waals surface area contributed by atoms with Crippen LogP contribution in [0.15, 0.2) is 60.7 Å². The minimum atomic E-state index is -0.726. The molecule has 3 aromatic rings.